The molecule has 0 radical (unpaired) electrons. The van der Waals surface area contributed by atoms with Crippen molar-refractivity contribution in [3.05, 3.63) is 66.0 Å². The van der Waals surface area contributed by atoms with Crippen LogP contribution in [0.15, 0.2) is 54.7 Å². The third kappa shape index (κ3) is 3.69. The highest BCUT2D eigenvalue weighted by Crippen LogP contribution is 2.21. The third-order valence-electron chi connectivity index (χ3n) is 4.35. The van der Waals surface area contributed by atoms with E-state index in [9.17, 15) is 0 Å². The molecule has 1 atom stereocenters. The van der Waals surface area contributed by atoms with E-state index in [1.54, 1.807) is 0 Å². The molecule has 21 heavy (non-hydrogen) atoms. The summed E-state index contributed by atoms with van der Waals surface area (Å²) in [6.07, 6.45) is 1.88. The van der Waals surface area contributed by atoms with Crippen LogP contribution in [0.4, 0.5) is 0 Å². The molecule has 2 aromatic rings. The van der Waals surface area contributed by atoms with Crippen LogP contribution in [0.25, 0.3) is 0 Å². The summed E-state index contributed by atoms with van der Waals surface area (Å²) in [6.45, 7) is 7.77. The number of piperazine rings is 1. The molecule has 1 aromatic carbocycles. The fraction of sp³-hybridized carbons (Fsp3) is 0.389. The molecule has 110 valence electrons. The summed E-state index contributed by atoms with van der Waals surface area (Å²) in [4.78, 5) is 9.49. The monoisotopic (exact) mass is 281 g/mol. The first-order valence-corrected chi connectivity index (χ1v) is 7.74. The Balaban J connectivity index is 1.53. The number of benzene rings is 1. The minimum Gasteiger partial charge on any atom is -0.295 e. The summed E-state index contributed by atoms with van der Waals surface area (Å²) in [5.74, 6) is 0. The summed E-state index contributed by atoms with van der Waals surface area (Å²) in [5.41, 5.74) is 2.58. The van der Waals surface area contributed by atoms with Gasteiger partial charge in [-0.1, -0.05) is 36.4 Å². The molecule has 0 spiro atoms. The largest absolute Gasteiger partial charge is 0.295 e. The van der Waals surface area contributed by atoms with Crippen LogP contribution in [-0.4, -0.2) is 41.0 Å². The standard InChI is InChI=1S/C18H23N3/c1-16(17-7-3-2-4-8-17)21-13-11-20(12-14-21)15-18-9-5-6-10-19-18/h2-10,16H,11-15H2,1H3. The fourth-order valence-corrected chi connectivity index (χ4v) is 2.97. The minimum absolute atomic E-state index is 0.503. The van der Waals surface area contributed by atoms with E-state index in [4.69, 9.17) is 0 Å². The molecule has 1 unspecified atom stereocenters. The zero-order valence-corrected chi connectivity index (χ0v) is 12.7. The molecular formula is C18H23N3. The Morgan fingerprint density at radius 1 is 0.952 bits per heavy atom. The first-order chi connectivity index (χ1) is 10.3. The Kier molecular flexibility index (Phi) is 4.63. The van der Waals surface area contributed by atoms with Crippen molar-refractivity contribution in [2.75, 3.05) is 26.2 Å². The maximum atomic E-state index is 4.42. The van der Waals surface area contributed by atoms with Crippen molar-refractivity contribution in [1.82, 2.24) is 14.8 Å². The first kappa shape index (κ1) is 14.2. The van der Waals surface area contributed by atoms with Crippen LogP contribution in [-0.2, 0) is 6.54 Å². The van der Waals surface area contributed by atoms with Crippen LogP contribution in [0.3, 0.4) is 0 Å². The molecule has 1 aliphatic heterocycles. The number of nitrogens with zero attached hydrogens (tertiary/aromatic N) is 3. The minimum atomic E-state index is 0.503. The molecule has 0 saturated carbocycles. The maximum Gasteiger partial charge on any atom is 0.0543 e. The van der Waals surface area contributed by atoms with E-state index in [-0.39, 0.29) is 0 Å². The Hall–Kier alpha value is -1.71. The molecule has 1 fully saturated rings. The zero-order valence-electron chi connectivity index (χ0n) is 12.7. The number of hydrogen-bond donors (Lipinski definition) is 0. The lowest BCUT2D eigenvalue weighted by molar-refractivity contribution is 0.0971. The van der Waals surface area contributed by atoms with Crippen molar-refractivity contribution in [3.63, 3.8) is 0 Å². The van der Waals surface area contributed by atoms with Gasteiger partial charge in [-0.3, -0.25) is 14.8 Å². The van der Waals surface area contributed by atoms with Crippen molar-refractivity contribution < 1.29 is 0 Å². The van der Waals surface area contributed by atoms with E-state index in [0.29, 0.717) is 6.04 Å². The Morgan fingerprint density at radius 2 is 1.67 bits per heavy atom. The SMILES string of the molecule is CC(c1ccccc1)N1CCN(Cc2ccccn2)CC1. The number of pyridine rings is 1. The van der Waals surface area contributed by atoms with Crippen LogP contribution in [0.1, 0.15) is 24.2 Å². The topological polar surface area (TPSA) is 19.4 Å². The molecule has 2 heterocycles. The molecule has 0 bridgehead atoms. The van der Waals surface area contributed by atoms with Gasteiger partial charge in [-0.15, -0.1) is 0 Å². The summed E-state index contributed by atoms with van der Waals surface area (Å²) >= 11 is 0. The van der Waals surface area contributed by atoms with Gasteiger partial charge in [-0.25, -0.2) is 0 Å². The van der Waals surface area contributed by atoms with E-state index in [2.05, 4.69) is 64.2 Å². The summed E-state index contributed by atoms with van der Waals surface area (Å²) in [6, 6.07) is 17.4. The number of rotatable bonds is 4. The highest BCUT2D eigenvalue weighted by Gasteiger charge is 2.21. The van der Waals surface area contributed by atoms with Crippen LogP contribution in [0.2, 0.25) is 0 Å². The van der Waals surface area contributed by atoms with Crippen LogP contribution >= 0.6 is 0 Å². The summed E-state index contributed by atoms with van der Waals surface area (Å²) in [5, 5.41) is 0. The number of hydrogen-bond acceptors (Lipinski definition) is 3. The Bertz CT molecular complexity index is 533. The van der Waals surface area contributed by atoms with E-state index < -0.39 is 0 Å². The van der Waals surface area contributed by atoms with Crippen LogP contribution in [0.5, 0.6) is 0 Å². The van der Waals surface area contributed by atoms with Gasteiger partial charge in [0, 0.05) is 45.0 Å². The predicted molar refractivity (Wildman–Crippen MR) is 85.9 cm³/mol. The van der Waals surface area contributed by atoms with Gasteiger partial charge in [0.2, 0.25) is 0 Å². The van der Waals surface area contributed by atoms with Gasteiger partial charge in [0.15, 0.2) is 0 Å². The van der Waals surface area contributed by atoms with Crippen LogP contribution < -0.4 is 0 Å². The van der Waals surface area contributed by atoms with Gasteiger partial charge in [-0.2, -0.15) is 0 Å². The molecule has 0 aliphatic carbocycles. The first-order valence-electron chi connectivity index (χ1n) is 7.74. The van der Waals surface area contributed by atoms with Gasteiger partial charge < -0.3 is 0 Å². The molecule has 0 amide bonds. The fourth-order valence-electron chi connectivity index (χ4n) is 2.97. The average Bonchev–Trinajstić information content (AvgIpc) is 2.57. The summed E-state index contributed by atoms with van der Waals surface area (Å²) in [7, 11) is 0. The van der Waals surface area contributed by atoms with Crippen molar-refractivity contribution in [1.29, 1.82) is 0 Å². The second-order valence-corrected chi connectivity index (χ2v) is 5.72. The second-order valence-electron chi connectivity index (χ2n) is 5.72. The molecule has 3 rings (SSSR count). The molecule has 3 nitrogen and oxygen atoms in total. The molecule has 1 aromatic heterocycles. The van der Waals surface area contributed by atoms with Gasteiger partial charge in [0.25, 0.3) is 0 Å². The van der Waals surface area contributed by atoms with Crippen molar-refractivity contribution in [2.45, 2.75) is 19.5 Å². The molecule has 1 aliphatic rings. The van der Waals surface area contributed by atoms with Crippen molar-refractivity contribution >= 4 is 0 Å². The van der Waals surface area contributed by atoms with Gasteiger partial charge in [0.05, 0.1) is 5.69 Å². The van der Waals surface area contributed by atoms with Gasteiger partial charge >= 0.3 is 0 Å². The normalized spacial score (nSPS) is 18.5. The lowest BCUT2D eigenvalue weighted by Gasteiger charge is -2.38. The lowest BCUT2D eigenvalue weighted by Crippen LogP contribution is -2.46. The Morgan fingerprint density at radius 3 is 2.33 bits per heavy atom. The maximum absolute atomic E-state index is 4.42. The average molecular weight is 281 g/mol. The van der Waals surface area contributed by atoms with E-state index in [0.717, 1.165) is 32.7 Å². The molecule has 3 heteroatoms. The van der Waals surface area contributed by atoms with E-state index >= 15 is 0 Å². The molecule has 1 saturated heterocycles. The predicted octanol–water partition coefficient (Wildman–Crippen LogP) is 2.96. The van der Waals surface area contributed by atoms with Gasteiger partial charge in [-0.05, 0) is 24.6 Å². The van der Waals surface area contributed by atoms with E-state index in [1.807, 2.05) is 12.3 Å². The highest BCUT2D eigenvalue weighted by molar-refractivity contribution is 5.18. The smallest absolute Gasteiger partial charge is 0.0543 e. The highest BCUT2D eigenvalue weighted by atomic mass is 15.3. The summed E-state index contributed by atoms with van der Waals surface area (Å²) < 4.78 is 0. The molecule has 0 N–H and O–H groups in total. The Labute approximate surface area is 127 Å². The second kappa shape index (κ2) is 6.83. The van der Waals surface area contributed by atoms with Crippen molar-refractivity contribution in [2.24, 2.45) is 0 Å². The quantitative estimate of drug-likeness (QED) is 0.859. The zero-order chi connectivity index (χ0) is 14.5. The number of aromatic nitrogens is 1. The van der Waals surface area contributed by atoms with E-state index in [1.165, 1.54) is 11.3 Å². The lowest BCUT2D eigenvalue weighted by atomic mass is 10.1. The third-order valence-corrected chi connectivity index (χ3v) is 4.35. The van der Waals surface area contributed by atoms with Crippen LogP contribution in [0, 0.1) is 0 Å². The van der Waals surface area contributed by atoms with Crippen molar-refractivity contribution in [3.8, 4) is 0 Å². The van der Waals surface area contributed by atoms with Gasteiger partial charge in [0.1, 0.15) is 0 Å². The molecular weight excluding hydrogens is 258 g/mol.